The molecular weight excluding hydrogens is 284 g/mol. The number of carbonyl (C=O) groups is 1. The van der Waals surface area contributed by atoms with Gasteiger partial charge in [-0.05, 0) is 25.8 Å². The number of rotatable bonds is 7. The summed E-state index contributed by atoms with van der Waals surface area (Å²) in [5.74, 6) is -1.70. The molecule has 2 rings (SSSR count). The van der Waals surface area contributed by atoms with Crippen molar-refractivity contribution in [3.05, 3.63) is 35.9 Å². The van der Waals surface area contributed by atoms with Gasteiger partial charge >= 0.3 is 5.97 Å². The van der Waals surface area contributed by atoms with Crippen molar-refractivity contribution in [1.82, 2.24) is 0 Å². The Kier molecular flexibility index (Phi) is 5.94. The zero-order valence-corrected chi connectivity index (χ0v) is 13.2. The molecule has 2 atom stereocenters. The molecule has 1 aromatic carbocycles. The van der Waals surface area contributed by atoms with Crippen LogP contribution in [0.15, 0.2) is 30.3 Å². The number of benzene rings is 1. The molecule has 0 radical (unpaired) electrons. The average Bonchev–Trinajstić information content (AvgIpc) is 2.95. The van der Waals surface area contributed by atoms with E-state index in [0.29, 0.717) is 38.2 Å². The van der Waals surface area contributed by atoms with Gasteiger partial charge in [-0.15, -0.1) is 0 Å². The highest BCUT2D eigenvalue weighted by molar-refractivity contribution is 5.73. The lowest BCUT2D eigenvalue weighted by Gasteiger charge is -2.27. The first-order chi connectivity index (χ1) is 10.6. The molecule has 0 bridgehead atoms. The maximum atomic E-state index is 12.2. The summed E-state index contributed by atoms with van der Waals surface area (Å²) in [6.07, 6.45) is 0.0661. The molecule has 0 amide bonds. The fourth-order valence-corrected chi connectivity index (χ4v) is 2.66. The largest absolute Gasteiger partial charge is 0.466 e. The van der Waals surface area contributed by atoms with Crippen LogP contribution < -0.4 is 0 Å². The maximum absolute atomic E-state index is 12.2. The van der Waals surface area contributed by atoms with Crippen LogP contribution >= 0.6 is 0 Å². The monoisotopic (exact) mass is 308 g/mol. The van der Waals surface area contributed by atoms with Gasteiger partial charge in [0.2, 0.25) is 0 Å². The summed E-state index contributed by atoms with van der Waals surface area (Å²) in [7, 11) is 0. The number of ether oxygens (including phenoxy) is 3. The smallest absolute Gasteiger partial charge is 0.311 e. The zero-order chi connectivity index (χ0) is 16.0. The Bertz CT molecular complexity index is 467. The predicted molar refractivity (Wildman–Crippen MR) is 81.1 cm³/mol. The lowest BCUT2D eigenvalue weighted by atomic mass is 9.90. The van der Waals surface area contributed by atoms with Crippen molar-refractivity contribution < 1.29 is 24.1 Å². The van der Waals surface area contributed by atoms with E-state index < -0.39 is 17.8 Å². The molecule has 0 spiro atoms. The molecule has 1 heterocycles. The lowest BCUT2D eigenvalue weighted by Crippen LogP contribution is -2.30. The summed E-state index contributed by atoms with van der Waals surface area (Å²) in [6.45, 7) is 5.02. The summed E-state index contributed by atoms with van der Waals surface area (Å²) >= 11 is 0. The van der Waals surface area contributed by atoms with Gasteiger partial charge in [-0.3, -0.25) is 4.79 Å². The Labute approximate surface area is 131 Å². The number of hydrogen-bond donors (Lipinski definition) is 1. The van der Waals surface area contributed by atoms with E-state index in [1.54, 1.807) is 19.1 Å². The van der Waals surface area contributed by atoms with Gasteiger partial charge in [0.15, 0.2) is 5.79 Å². The Hall–Kier alpha value is -1.43. The van der Waals surface area contributed by atoms with E-state index in [0.717, 1.165) is 0 Å². The van der Waals surface area contributed by atoms with E-state index in [4.69, 9.17) is 14.2 Å². The van der Waals surface area contributed by atoms with Gasteiger partial charge in [-0.1, -0.05) is 30.3 Å². The first-order valence-electron chi connectivity index (χ1n) is 7.73. The zero-order valence-electron chi connectivity index (χ0n) is 13.2. The van der Waals surface area contributed by atoms with E-state index in [9.17, 15) is 9.90 Å². The van der Waals surface area contributed by atoms with Gasteiger partial charge < -0.3 is 19.3 Å². The van der Waals surface area contributed by atoms with E-state index in [1.165, 1.54) is 0 Å². The highest BCUT2D eigenvalue weighted by Crippen LogP contribution is 2.32. The highest BCUT2D eigenvalue weighted by atomic mass is 16.7. The van der Waals surface area contributed by atoms with Gasteiger partial charge in [-0.25, -0.2) is 0 Å². The van der Waals surface area contributed by atoms with Crippen LogP contribution in [0.3, 0.4) is 0 Å². The molecule has 1 fully saturated rings. The molecule has 122 valence electrons. The third kappa shape index (κ3) is 4.29. The standard InChI is InChI=1S/C17H24O5/c1-3-20-16(19)14(9-10-17(2)21-11-12-22-17)15(18)13-7-5-4-6-8-13/h4-8,14-15,18H,3,9-12H2,1-2H3/t14-,15-/m0/s1. The van der Waals surface area contributed by atoms with Crippen molar-refractivity contribution in [2.45, 2.75) is 38.6 Å². The summed E-state index contributed by atoms with van der Waals surface area (Å²) < 4.78 is 16.2. The van der Waals surface area contributed by atoms with Crippen molar-refractivity contribution in [3.63, 3.8) is 0 Å². The van der Waals surface area contributed by atoms with E-state index in [2.05, 4.69) is 0 Å². The molecule has 5 nitrogen and oxygen atoms in total. The third-order valence-electron chi connectivity index (χ3n) is 3.92. The second-order valence-electron chi connectivity index (χ2n) is 5.58. The van der Waals surface area contributed by atoms with Crippen LogP contribution in [0.1, 0.15) is 38.4 Å². The van der Waals surface area contributed by atoms with Crippen molar-refractivity contribution in [1.29, 1.82) is 0 Å². The fraction of sp³-hybridized carbons (Fsp3) is 0.588. The van der Waals surface area contributed by atoms with Gasteiger partial charge in [-0.2, -0.15) is 0 Å². The topological polar surface area (TPSA) is 65.0 Å². The van der Waals surface area contributed by atoms with E-state index in [1.807, 2.05) is 25.1 Å². The summed E-state index contributed by atoms with van der Waals surface area (Å²) in [6, 6.07) is 9.16. The summed E-state index contributed by atoms with van der Waals surface area (Å²) in [5.41, 5.74) is 0.707. The average molecular weight is 308 g/mol. The van der Waals surface area contributed by atoms with Crippen LogP contribution in [0.5, 0.6) is 0 Å². The predicted octanol–water partition coefficient (Wildman–Crippen LogP) is 2.44. The van der Waals surface area contributed by atoms with Crippen LogP contribution in [0.4, 0.5) is 0 Å². The number of carbonyl (C=O) groups excluding carboxylic acids is 1. The molecule has 1 aromatic rings. The maximum Gasteiger partial charge on any atom is 0.311 e. The number of hydrogen-bond acceptors (Lipinski definition) is 5. The Morgan fingerprint density at radius 3 is 2.55 bits per heavy atom. The molecule has 0 aromatic heterocycles. The molecule has 0 unspecified atom stereocenters. The van der Waals surface area contributed by atoms with Crippen molar-refractivity contribution in [2.24, 2.45) is 5.92 Å². The Morgan fingerprint density at radius 1 is 1.32 bits per heavy atom. The minimum Gasteiger partial charge on any atom is -0.466 e. The molecule has 22 heavy (non-hydrogen) atoms. The van der Waals surface area contributed by atoms with Crippen LogP contribution in [-0.4, -0.2) is 36.7 Å². The number of aliphatic hydroxyl groups is 1. The van der Waals surface area contributed by atoms with Crippen LogP contribution in [0.25, 0.3) is 0 Å². The van der Waals surface area contributed by atoms with Crippen molar-refractivity contribution in [2.75, 3.05) is 19.8 Å². The minimum atomic E-state index is -0.898. The molecule has 0 aliphatic carbocycles. The van der Waals surface area contributed by atoms with Gasteiger partial charge in [0.25, 0.3) is 0 Å². The van der Waals surface area contributed by atoms with Gasteiger partial charge in [0.1, 0.15) is 0 Å². The molecule has 1 N–H and O–H groups in total. The van der Waals surface area contributed by atoms with E-state index >= 15 is 0 Å². The molecule has 0 saturated carbocycles. The van der Waals surface area contributed by atoms with Crippen molar-refractivity contribution >= 4 is 5.97 Å². The normalized spacial score (nSPS) is 19.6. The van der Waals surface area contributed by atoms with Gasteiger partial charge in [0, 0.05) is 6.42 Å². The van der Waals surface area contributed by atoms with Crippen LogP contribution in [-0.2, 0) is 19.0 Å². The Morgan fingerprint density at radius 2 is 1.95 bits per heavy atom. The summed E-state index contributed by atoms with van der Waals surface area (Å²) in [5, 5.41) is 10.6. The van der Waals surface area contributed by atoms with E-state index in [-0.39, 0.29) is 5.97 Å². The molecule has 1 saturated heterocycles. The van der Waals surface area contributed by atoms with Crippen LogP contribution in [0.2, 0.25) is 0 Å². The minimum absolute atomic E-state index is 0.293. The van der Waals surface area contributed by atoms with Crippen LogP contribution in [0, 0.1) is 5.92 Å². The SMILES string of the molecule is CCOC(=O)[C@@H](CCC1(C)OCCO1)[C@@H](O)c1ccccc1. The quantitative estimate of drug-likeness (QED) is 0.784. The van der Waals surface area contributed by atoms with Crippen molar-refractivity contribution in [3.8, 4) is 0 Å². The fourth-order valence-electron chi connectivity index (χ4n) is 2.66. The lowest BCUT2D eigenvalue weighted by molar-refractivity contribution is -0.162. The third-order valence-corrected chi connectivity index (χ3v) is 3.92. The second kappa shape index (κ2) is 7.72. The first kappa shape index (κ1) is 16.9. The highest BCUT2D eigenvalue weighted by Gasteiger charge is 2.36. The first-order valence-corrected chi connectivity index (χ1v) is 7.73. The van der Waals surface area contributed by atoms with Gasteiger partial charge in [0.05, 0.1) is 31.8 Å². The second-order valence-corrected chi connectivity index (χ2v) is 5.58. The molecular formula is C17H24O5. The molecule has 1 aliphatic rings. The molecule has 1 aliphatic heterocycles. The molecule has 5 heteroatoms. The number of esters is 1. The Balaban J connectivity index is 2.07. The number of aliphatic hydroxyl groups excluding tert-OH is 1. The summed E-state index contributed by atoms with van der Waals surface area (Å²) in [4.78, 5) is 12.2.